The number of carboxylic acids is 2. The molecule has 50 heavy (non-hydrogen) atoms. The number of fused-ring (bicyclic) bond motifs is 1. The summed E-state index contributed by atoms with van der Waals surface area (Å²) in [5.41, 5.74) is 4.19. The normalized spacial score (nSPS) is 16.0. The standard InChI is InChI=1S/C28H30N4O4.2C2HF3O2/c1-3-14-32-15-6-13-28(19-32,17-26(33)31-35)30-27(34)21-9-11-23(12-10-21)36-18-22-16-20(2)29-25-8-5-4-7-24(22)25;2*3-2(4,5)1(6)7/h1,4-5,7-12,16,35H,6,13-15,17-19H2,2H3,(H,30,34)(H,31,33);2*(H,6,7). The second kappa shape index (κ2) is 17.8. The number of aromatic nitrogens is 1. The number of amides is 2. The SMILES string of the molecule is C#CCN1CCCC(CC(=O)NO)(NC(=O)c2ccc(OCc3cc(C)nc4ccccc34)cc2)C1.O=C(O)C(F)(F)F.O=C(O)C(F)(F)F. The first-order valence-corrected chi connectivity index (χ1v) is 14.4. The second-order valence-corrected chi connectivity index (χ2v) is 10.8. The fraction of sp³-hybridized carbons (Fsp3) is 0.344. The molecule has 1 saturated heterocycles. The Hall–Kier alpha value is -5.41. The van der Waals surface area contributed by atoms with Crippen molar-refractivity contribution in [3.63, 3.8) is 0 Å². The predicted octanol–water partition coefficient (Wildman–Crippen LogP) is 4.48. The highest BCUT2D eigenvalue weighted by atomic mass is 19.4. The number of ether oxygens (including phenoxy) is 1. The van der Waals surface area contributed by atoms with Gasteiger partial charge in [-0.15, -0.1) is 6.42 Å². The molecule has 1 atom stereocenters. The molecule has 1 aromatic heterocycles. The van der Waals surface area contributed by atoms with Crippen LogP contribution in [-0.2, 0) is 21.0 Å². The molecule has 1 aliphatic heterocycles. The Labute approximate surface area is 281 Å². The fourth-order valence-corrected chi connectivity index (χ4v) is 4.82. The van der Waals surface area contributed by atoms with Gasteiger partial charge in [0.2, 0.25) is 5.91 Å². The lowest BCUT2D eigenvalue weighted by Crippen LogP contribution is -2.60. The van der Waals surface area contributed by atoms with Gasteiger partial charge < -0.3 is 20.3 Å². The van der Waals surface area contributed by atoms with Crippen molar-refractivity contribution in [2.45, 2.75) is 50.7 Å². The van der Waals surface area contributed by atoms with Crippen molar-refractivity contribution in [3.8, 4) is 18.1 Å². The molecule has 2 heterocycles. The molecule has 0 saturated carbocycles. The molecule has 270 valence electrons. The smallest absolute Gasteiger partial charge is 0.489 e. The molecule has 1 fully saturated rings. The van der Waals surface area contributed by atoms with Gasteiger partial charge in [-0.05, 0) is 62.7 Å². The number of alkyl halides is 6. The van der Waals surface area contributed by atoms with Crippen LogP contribution in [0.5, 0.6) is 5.75 Å². The molecule has 3 aromatic rings. The summed E-state index contributed by atoms with van der Waals surface area (Å²) in [5, 5.41) is 27.4. The highest BCUT2D eigenvalue weighted by molar-refractivity contribution is 5.95. The van der Waals surface area contributed by atoms with Crippen LogP contribution in [0.2, 0.25) is 0 Å². The molecule has 0 spiro atoms. The van der Waals surface area contributed by atoms with Gasteiger partial charge in [-0.25, -0.2) is 15.1 Å². The van der Waals surface area contributed by atoms with Gasteiger partial charge in [0, 0.05) is 28.8 Å². The minimum atomic E-state index is -5.08. The summed E-state index contributed by atoms with van der Waals surface area (Å²) in [7, 11) is 0. The number of nitrogens with one attached hydrogen (secondary N) is 2. The number of carbonyl (C=O) groups is 4. The summed E-state index contributed by atoms with van der Waals surface area (Å²) in [5.74, 6) is -3.12. The molecule has 2 aromatic carbocycles. The monoisotopic (exact) mass is 714 g/mol. The first-order valence-electron chi connectivity index (χ1n) is 14.4. The number of para-hydroxylation sites is 1. The summed E-state index contributed by atoms with van der Waals surface area (Å²) < 4.78 is 69.5. The van der Waals surface area contributed by atoms with Gasteiger partial charge in [0.1, 0.15) is 12.4 Å². The molecule has 18 heteroatoms. The molecular weight excluding hydrogens is 682 g/mol. The van der Waals surface area contributed by atoms with E-state index in [1.807, 2.05) is 42.2 Å². The van der Waals surface area contributed by atoms with Crippen LogP contribution in [0, 0.1) is 19.3 Å². The maximum atomic E-state index is 13.1. The number of benzene rings is 2. The number of rotatable bonds is 8. The molecule has 0 aliphatic carbocycles. The summed E-state index contributed by atoms with van der Waals surface area (Å²) >= 11 is 0. The van der Waals surface area contributed by atoms with Crippen LogP contribution in [0.15, 0.2) is 54.6 Å². The Morgan fingerprint density at radius 3 is 2.12 bits per heavy atom. The predicted molar refractivity (Wildman–Crippen MR) is 164 cm³/mol. The van der Waals surface area contributed by atoms with Gasteiger partial charge in [0.05, 0.1) is 24.0 Å². The molecular formula is C32H32F6N4O8. The third-order valence-electron chi connectivity index (χ3n) is 6.90. The lowest BCUT2D eigenvalue weighted by atomic mass is 9.85. The minimum absolute atomic E-state index is 0.0448. The van der Waals surface area contributed by atoms with E-state index in [1.54, 1.807) is 29.7 Å². The highest BCUT2D eigenvalue weighted by Crippen LogP contribution is 2.26. The average molecular weight is 715 g/mol. The lowest BCUT2D eigenvalue weighted by molar-refractivity contribution is -0.193. The Morgan fingerprint density at radius 1 is 1.00 bits per heavy atom. The number of terminal acetylenes is 1. The molecule has 0 radical (unpaired) electrons. The number of nitrogens with zero attached hydrogens (tertiary/aromatic N) is 2. The van der Waals surface area contributed by atoms with Crippen molar-refractivity contribution in [2.24, 2.45) is 0 Å². The minimum Gasteiger partial charge on any atom is -0.489 e. The van der Waals surface area contributed by atoms with Gasteiger partial charge in [0.25, 0.3) is 5.91 Å². The number of hydrogen-bond donors (Lipinski definition) is 5. The van der Waals surface area contributed by atoms with E-state index in [-0.39, 0.29) is 12.3 Å². The summed E-state index contributed by atoms with van der Waals surface area (Å²) in [6.45, 7) is 3.98. The Morgan fingerprint density at radius 2 is 1.58 bits per heavy atom. The third-order valence-corrected chi connectivity index (χ3v) is 6.90. The van der Waals surface area contributed by atoms with E-state index in [4.69, 9.17) is 36.2 Å². The number of hydrogen-bond acceptors (Lipinski definition) is 8. The fourth-order valence-electron chi connectivity index (χ4n) is 4.82. The van der Waals surface area contributed by atoms with Crippen LogP contribution in [0.25, 0.3) is 10.9 Å². The van der Waals surface area contributed by atoms with E-state index < -0.39 is 35.7 Å². The van der Waals surface area contributed by atoms with Gasteiger partial charge in [-0.2, -0.15) is 26.3 Å². The van der Waals surface area contributed by atoms with Crippen molar-refractivity contribution in [1.29, 1.82) is 0 Å². The summed E-state index contributed by atoms with van der Waals surface area (Å²) in [6.07, 6.45) is -3.37. The zero-order chi connectivity index (χ0) is 37.7. The summed E-state index contributed by atoms with van der Waals surface area (Å²) in [4.78, 5) is 49.5. The van der Waals surface area contributed by atoms with Crippen LogP contribution >= 0.6 is 0 Å². The molecule has 1 unspecified atom stereocenters. The van der Waals surface area contributed by atoms with Gasteiger partial charge in [-0.1, -0.05) is 24.1 Å². The van der Waals surface area contributed by atoms with Crippen LogP contribution < -0.4 is 15.5 Å². The van der Waals surface area contributed by atoms with Crippen LogP contribution in [-0.4, -0.2) is 86.6 Å². The van der Waals surface area contributed by atoms with Crippen LogP contribution in [0.4, 0.5) is 26.3 Å². The van der Waals surface area contributed by atoms with Crippen molar-refractivity contribution < 1.29 is 65.7 Å². The first-order chi connectivity index (χ1) is 23.3. The quantitative estimate of drug-likeness (QED) is 0.0968. The largest absolute Gasteiger partial charge is 0.490 e. The lowest BCUT2D eigenvalue weighted by Gasteiger charge is -2.42. The summed E-state index contributed by atoms with van der Waals surface area (Å²) in [6, 6.07) is 16.9. The maximum Gasteiger partial charge on any atom is 0.490 e. The number of pyridine rings is 1. The molecule has 12 nitrogen and oxygen atoms in total. The molecule has 2 amide bonds. The van der Waals surface area contributed by atoms with E-state index in [9.17, 15) is 35.9 Å². The van der Waals surface area contributed by atoms with Crippen LogP contribution in [0.1, 0.15) is 40.9 Å². The number of carboxylic acid groups (broad SMARTS) is 2. The molecule has 0 bridgehead atoms. The highest BCUT2D eigenvalue weighted by Gasteiger charge is 2.40. The number of piperidine rings is 1. The molecule has 1 aliphatic rings. The molecule has 4 rings (SSSR count). The number of aryl methyl sites for hydroxylation is 1. The molecule has 5 N–H and O–H groups in total. The topological polar surface area (TPSA) is 178 Å². The van der Waals surface area contributed by atoms with E-state index >= 15 is 0 Å². The van der Waals surface area contributed by atoms with Gasteiger partial charge in [0.15, 0.2) is 0 Å². The van der Waals surface area contributed by atoms with Crippen molar-refractivity contribution in [3.05, 3.63) is 71.4 Å². The number of halogens is 6. The first kappa shape index (κ1) is 40.8. The Balaban J connectivity index is 0.000000521. The maximum absolute atomic E-state index is 13.1. The Kier molecular flexibility index (Phi) is 14.5. The van der Waals surface area contributed by atoms with E-state index in [0.29, 0.717) is 37.4 Å². The number of aliphatic carboxylic acids is 2. The average Bonchev–Trinajstić information content (AvgIpc) is 3.03. The van der Waals surface area contributed by atoms with E-state index in [2.05, 4.69) is 16.2 Å². The van der Waals surface area contributed by atoms with Crippen LogP contribution in [0.3, 0.4) is 0 Å². The Bertz CT molecular complexity index is 1670. The van der Waals surface area contributed by atoms with Gasteiger partial charge in [-0.3, -0.25) is 24.7 Å². The third kappa shape index (κ3) is 12.9. The van der Waals surface area contributed by atoms with Crippen molar-refractivity contribution in [1.82, 2.24) is 20.7 Å². The number of hydroxylamine groups is 1. The zero-order valence-electron chi connectivity index (χ0n) is 26.3. The van der Waals surface area contributed by atoms with Crippen molar-refractivity contribution >= 4 is 34.7 Å². The number of likely N-dealkylation sites (tertiary alicyclic amines) is 1. The number of carbonyl (C=O) groups excluding carboxylic acids is 2. The van der Waals surface area contributed by atoms with E-state index in [0.717, 1.165) is 35.1 Å². The van der Waals surface area contributed by atoms with Gasteiger partial charge >= 0.3 is 24.3 Å². The van der Waals surface area contributed by atoms with E-state index in [1.165, 1.54) is 0 Å². The zero-order valence-corrected chi connectivity index (χ0v) is 26.3. The second-order valence-electron chi connectivity index (χ2n) is 10.8. The van der Waals surface area contributed by atoms with Crippen molar-refractivity contribution in [2.75, 3.05) is 19.6 Å².